The summed E-state index contributed by atoms with van der Waals surface area (Å²) in [5.41, 5.74) is 3.30. The number of nitrogens with one attached hydrogen (secondary N) is 1. The average Bonchev–Trinajstić information content (AvgIpc) is 3.25. The van der Waals surface area contributed by atoms with Crippen LogP contribution in [-0.4, -0.2) is 43.8 Å². The van der Waals surface area contributed by atoms with Gasteiger partial charge in [0, 0.05) is 44.7 Å². The van der Waals surface area contributed by atoms with Crippen molar-refractivity contribution >= 4 is 11.6 Å². The third-order valence-electron chi connectivity index (χ3n) is 4.80. The summed E-state index contributed by atoms with van der Waals surface area (Å²) in [5.74, 6) is 1.72. The maximum Gasteiger partial charge on any atom is 0.227 e. The van der Waals surface area contributed by atoms with Crippen LogP contribution in [0.1, 0.15) is 24.3 Å². The van der Waals surface area contributed by atoms with Crippen LogP contribution < -0.4 is 15.0 Å². The number of aromatic nitrogens is 2. The van der Waals surface area contributed by atoms with Gasteiger partial charge in [0.1, 0.15) is 5.75 Å². The van der Waals surface area contributed by atoms with Crippen molar-refractivity contribution in [3.8, 4) is 17.1 Å². The zero-order chi connectivity index (χ0) is 21.3. The lowest BCUT2D eigenvalue weighted by Gasteiger charge is -2.12. The minimum Gasteiger partial charge on any atom is -0.497 e. The Balaban J connectivity index is 1.37. The van der Waals surface area contributed by atoms with Gasteiger partial charge in [-0.2, -0.15) is 4.98 Å². The molecular formula is C23H28N4O3. The minimum absolute atomic E-state index is 0.0119. The standard InChI is InChI=1S/C23H28N4O3/c1-27(2)19-10-6-17(7-11-19)5-4-16-24-21(28)14-15-22-25-23(26-30-22)18-8-12-20(29-3)13-9-18/h6-13H,4-5,14-16H2,1-3H3,(H,24,28). The fourth-order valence-electron chi connectivity index (χ4n) is 3.00. The smallest absolute Gasteiger partial charge is 0.227 e. The first-order valence-corrected chi connectivity index (χ1v) is 10.0. The molecule has 1 aromatic heterocycles. The number of anilines is 1. The highest BCUT2D eigenvalue weighted by Crippen LogP contribution is 2.20. The third kappa shape index (κ3) is 6.07. The van der Waals surface area contributed by atoms with Crippen LogP contribution in [0.3, 0.4) is 0 Å². The van der Waals surface area contributed by atoms with Crippen molar-refractivity contribution < 1.29 is 14.1 Å². The first kappa shape index (κ1) is 21.4. The summed E-state index contributed by atoms with van der Waals surface area (Å²) in [6, 6.07) is 15.9. The number of amides is 1. The molecule has 158 valence electrons. The molecule has 3 aromatic rings. The molecule has 0 saturated heterocycles. The molecule has 0 aliphatic rings. The lowest BCUT2D eigenvalue weighted by atomic mass is 10.1. The van der Waals surface area contributed by atoms with Gasteiger partial charge in [0.05, 0.1) is 7.11 Å². The van der Waals surface area contributed by atoms with Gasteiger partial charge in [0.2, 0.25) is 17.6 Å². The van der Waals surface area contributed by atoms with E-state index in [4.69, 9.17) is 9.26 Å². The fourth-order valence-corrected chi connectivity index (χ4v) is 3.00. The molecule has 30 heavy (non-hydrogen) atoms. The van der Waals surface area contributed by atoms with E-state index in [-0.39, 0.29) is 5.91 Å². The normalized spacial score (nSPS) is 10.6. The van der Waals surface area contributed by atoms with Crippen molar-refractivity contribution in [2.75, 3.05) is 32.6 Å². The average molecular weight is 409 g/mol. The predicted octanol–water partition coefficient (Wildman–Crippen LogP) is 3.49. The Labute approximate surface area is 177 Å². The van der Waals surface area contributed by atoms with Gasteiger partial charge >= 0.3 is 0 Å². The van der Waals surface area contributed by atoms with Crippen molar-refractivity contribution in [3.05, 3.63) is 60.0 Å². The number of aryl methyl sites for hydroxylation is 2. The number of hydrogen-bond donors (Lipinski definition) is 1. The highest BCUT2D eigenvalue weighted by atomic mass is 16.5. The van der Waals surface area contributed by atoms with E-state index in [0.29, 0.717) is 31.1 Å². The second kappa shape index (κ2) is 10.4. The monoisotopic (exact) mass is 408 g/mol. The summed E-state index contributed by atoms with van der Waals surface area (Å²) in [7, 11) is 5.67. The summed E-state index contributed by atoms with van der Waals surface area (Å²) in [6.07, 6.45) is 2.57. The second-order valence-electron chi connectivity index (χ2n) is 7.25. The molecule has 1 N–H and O–H groups in total. The van der Waals surface area contributed by atoms with E-state index in [1.54, 1.807) is 7.11 Å². The molecule has 0 aliphatic heterocycles. The molecule has 1 amide bonds. The molecule has 0 saturated carbocycles. The van der Waals surface area contributed by atoms with Crippen LogP contribution in [0.4, 0.5) is 5.69 Å². The summed E-state index contributed by atoms with van der Waals surface area (Å²) in [4.78, 5) is 18.5. The first-order valence-electron chi connectivity index (χ1n) is 10.0. The van der Waals surface area contributed by atoms with E-state index in [2.05, 4.69) is 44.6 Å². The number of rotatable bonds is 10. The van der Waals surface area contributed by atoms with Gasteiger partial charge in [-0.3, -0.25) is 4.79 Å². The number of benzene rings is 2. The molecule has 0 bridgehead atoms. The Bertz CT molecular complexity index is 934. The zero-order valence-corrected chi connectivity index (χ0v) is 17.7. The Hall–Kier alpha value is -3.35. The number of methoxy groups -OCH3 is 1. The summed E-state index contributed by atoms with van der Waals surface area (Å²) < 4.78 is 10.4. The highest BCUT2D eigenvalue weighted by Gasteiger charge is 2.11. The lowest BCUT2D eigenvalue weighted by molar-refractivity contribution is -0.121. The minimum atomic E-state index is -0.0119. The van der Waals surface area contributed by atoms with Gasteiger partial charge in [0.15, 0.2) is 0 Å². The number of carbonyl (C=O) groups is 1. The lowest BCUT2D eigenvalue weighted by Crippen LogP contribution is -2.25. The van der Waals surface area contributed by atoms with Crippen LogP contribution >= 0.6 is 0 Å². The Morgan fingerprint density at radius 1 is 1.07 bits per heavy atom. The van der Waals surface area contributed by atoms with Crippen molar-refractivity contribution in [1.82, 2.24) is 15.5 Å². The van der Waals surface area contributed by atoms with E-state index in [0.717, 1.165) is 24.2 Å². The third-order valence-corrected chi connectivity index (χ3v) is 4.80. The van der Waals surface area contributed by atoms with Gasteiger partial charge in [-0.05, 0) is 54.8 Å². The SMILES string of the molecule is COc1ccc(-c2noc(CCC(=O)NCCCc3ccc(N(C)C)cc3)n2)cc1. The van der Waals surface area contributed by atoms with Crippen LogP contribution in [0.5, 0.6) is 5.75 Å². The molecule has 0 aliphatic carbocycles. The maximum absolute atomic E-state index is 12.1. The maximum atomic E-state index is 12.1. The van der Waals surface area contributed by atoms with E-state index in [9.17, 15) is 4.79 Å². The molecule has 7 heteroatoms. The molecule has 2 aromatic carbocycles. The largest absolute Gasteiger partial charge is 0.497 e. The van der Waals surface area contributed by atoms with E-state index in [1.807, 2.05) is 38.4 Å². The van der Waals surface area contributed by atoms with Crippen LogP contribution in [0.15, 0.2) is 53.1 Å². The molecule has 0 radical (unpaired) electrons. The van der Waals surface area contributed by atoms with E-state index >= 15 is 0 Å². The van der Waals surface area contributed by atoms with Crippen molar-refractivity contribution in [2.24, 2.45) is 0 Å². The quantitative estimate of drug-likeness (QED) is 0.517. The summed E-state index contributed by atoms with van der Waals surface area (Å²) in [5, 5.41) is 6.94. The van der Waals surface area contributed by atoms with Crippen LogP contribution in [0, 0.1) is 0 Å². The van der Waals surface area contributed by atoms with Gasteiger partial charge in [0.25, 0.3) is 0 Å². The van der Waals surface area contributed by atoms with Crippen molar-refractivity contribution in [1.29, 1.82) is 0 Å². The molecule has 0 fully saturated rings. The van der Waals surface area contributed by atoms with Crippen molar-refractivity contribution in [3.63, 3.8) is 0 Å². The number of carbonyl (C=O) groups excluding carboxylic acids is 1. The molecule has 0 spiro atoms. The molecule has 7 nitrogen and oxygen atoms in total. The Morgan fingerprint density at radius 2 is 1.80 bits per heavy atom. The zero-order valence-electron chi connectivity index (χ0n) is 17.7. The van der Waals surface area contributed by atoms with Crippen LogP contribution in [0.2, 0.25) is 0 Å². The second-order valence-corrected chi connectivity index (χ2v) is 7.25. The molecular weight excluding hydrogens is 380 g/mol. The van der Waals surface area contributed by atoms with Crippen LogP contribution in [-0.2, 0) is 17.6 Å². The summed E-state index contributed by atoms with van der Waals surface area (Å²) >= 11 is 0. The number of ether oxygens (including phenoxy) is 1. The van der Waals surface area contributed by atoms with Crippen molar-refractivity contribution in [2.45, 2.75) is 25.7 Å². The van der Waals surface area contributed by atoms with Gasteiger partial charge in [-0.15, -0.1) is 0 Å². The molecule has 3 rings (SSSR count). The Morgan fingerprint density at radius 3 is 2.47 bits per heavy atom. The van der Waals surface area contributed by atoms with E-state index in [1.165, 1.54) is 11.3 Å². The first-order chi connectivity index (χ1) is 14.5. The van der Waals surface area contributed by atoms with Gasteiger partial charge in [-0.25, -0.2) is 0 Å². The van der Waals surface area contributed by atoms with Gasteiger partial charge < -0.3 is 19.5 Å². The van der Waals surface area contributed by atoms with E-state index < -0.39 is 0 Å². The highest BCUT2D eigenvalue weighted by molar-refractivity contribution is 5.76. The number of hydrogen-bond acceptors (Lipinski definition) is 6. The molecule has 1 heterocycles. The molecule has 0 unspecified atom stereocenters. The topological polar surface area (TPSA) is 80.5 Å². The summed E-state index contributed by atoms with van der Waals surface area (Å²) in [6.45, 7) is 0.648. The van der Waals surface area contributed by atoms with Gasteiger partial charge in [-0.1, -0.05) is 17.3 Å². The van der Waals surface area contributed by atoms with Crippen LogP contribution in [0.25, 0.3) is 11.4 Å². The Kier molecular flexibility index (Phi) is 7.43. The fraction of sp³-hybridized carbons (Fsp3) is 0.348. The number of nitrogens with zero attached hydrogens (tertiary/aromatic N) is 3. The predicted molar refractivity (Wildman–Crippen MR) is 117 cm³/mol. The molecule has 0 atom stereocenters.